The molecule has 1 aromatic carbocycles. The highest BCUT2D eigenvalue weighted by molar-refractivity contribution is 5.40. The molecule has 1 N–H and O–H groups in total. The minimum Gasteiger partial charge on any atom is -0.388 e. The average molecular weight is 220 g/mol. The number of rotatable bonds is 2. The fraction of sp³-hybridized carbons (Fsp3) is 0.571. The Morgan fingerprint density at radius 1 is 1.44 bits per heavy atom. The number of fused-ring (bicyclic) bond motifs is 1. The highest BCUT2D eigenvalue weighted by Crippen LogP contribution is 2.41. The van der Waals surface area contributed by atoms with Gasteiger partial charge in [-0.1, -0.05) is 32.0 Å². The third-order valence-electron chi connectivity index (χ3n) is 3.56. The van der Waals surface area contributed by atoms with Crippen LogP contribution in [0, 0.1) is 0 Å². The van der Waals surface area contributed by atoms with Crippen LogP contribution in [0.5, 0.6) is 0 Å². The summed E-state index contributed by atoms with van der Waals surface area (Å²) < 4.78 is 5.12. The summed E-state index contributed by atoms with van der Waals surface area (Å²) in [4.78, 5) is 0. The molecule has 1 unspecified atom stereocenters. The zero-order chi connectivity index (χ0) is 11.8. The molecule has 0 saturated heterocycles. The number of ether oxygens (including phenoxy) is 1. The molecule has 0 saturated carbocycles. The van der Waals surface area contributed by atoms with Gasteiger partial charge in [0.15, 0.2) is 0 Å². The van der Waals surface area contributed by atoms with E-state index in [1.165, 1.54) is 5.56 Å². The molecule has 0 aromatic heterocycles. The van der Waals surface area contributed by atoms with E-state index in [9.17, 15) is 5.11 Å². The van der Waals surface area contributed by atoms with Crippen LogP contribution in [-0.2, 0) is 16.8 Å². The Bertz CT molecular complexity index is 382. The van der Waals surface area contributed by atoms with Crippen molar-refractivity contribution < 1.29 is 9.84 Å². The minimum atomic E-state index is -0.306. The fourth-order valence-electron chi connectivity index (χ4n) is 2.55. The molecule has 1 aliphatic carbocycles. The Morgan fingerprint density at radius 2 is 2.19 bits per heavy atom. The Balaban J connectivity index is 2.43. The van der Waals surface area contributed by atoms with E-state index in [0.29, 0.717) is 6.61 Å². The molecule has 0 fully saturated rings. The summed E-state index contributed by atoms with van der Waals surface area (Å²) in [6.45, 7) is 5.10. The Morgan fingerprint density at radius 3 is 2.88 bits per heavy atom. The Hall–Kier alpha value is -0.860. The van der Waals surface area contributed by atoms with Crippen molar-refractivity contribution in [2.75, 3.05) is 7.11 Å². The molecule has 0 bridgehead atoms. The van der Waals surface area contributed by atoms with E-state index in [-0.39, 0.29) is 11.5 Å². The summed E-state index contributed by atoms with van der Waals surface area (Å²) >= 11 is 0. The summed E-state index contributed by atoms with van der Waals surface area (Å²) in [5.74, 6) is 0. The number of hydrogen-bond donors (Lipinski definition) is 1. The van der Waals surface area contributed by atoms with Crippen LogP contribution in [0.4, 0.5) is 0 Å². The summed E-state index contributed by atoms with van der Waals surface area (Å²) in [6, 6.07) is 6.33. The summed E-state index contributed by atoms with van der Waals surface area (Å²) in [5.41, 5.74) is 3.69. The van der Waals surface area contributed by atoms with Gasteiger partial charge in [-0.05, 0) is 34.9 Å². The van der Waals surface area contributed by atoms with Crippen LogP contribution < -0.4 is 0 Å². The third-order valence-corrected chi connectivity index (χ3v) is 3.56. The lowest BCUT2D eigenvalue weighted by molar-refractivity contribution is 0.138. The van der Waals surface area contributed by atoms with Gasteiger partial charge in [-0.25, -0.2) is 0 Å². The monoisotopic (exact) mass is 220 g/mol. The van der Waals surface area contributed by atoms with Crippen molar-refractivity contribution in [1.29, 1.82) is 0 Å². The van der Waals surface area contributed by atoms with E-state index in [0.717, 1.165) is 24.0 Å². The zero-order valence-electron chi connectivity index (χ0n) is 10.3. The second-order valence-electron chi connectivity index (χ2n) is 5.29. The smallest absolute Gasteiger partial charge is 0.0793 e. The molecule has 0 radical (unpaired) electrons. The van der Waals surface area contributed by atoms with Crippen molar-refractivity contribution in [3.63, 3.8) is 0 Å². The van der Waals surface area contributed by atoms with Gasteiger partial charge in [0, 0.05) is 7.11 Å². The van der Waals surface area contributed by atoms with Gasteiger partial charge in [0.05, 0.1) is 12.7 Å². The quantitative estimate of drug-likeness (QED) is 0.830. The molecule has 1 atom stereocenters. The number of aliphatic hydroxyl groups excluding tert-OH is 1. The van der Waals surface area contributed by atoms with Gasteiger partial charge in [-0.15, -0.1) is 0 Å². The van der Waals surface area contributed by atoms with Crippen LogP contribution in [0.25, 0.3) is 0 Å². The lowest BCUT2D eigenvalue weighted by atomic mass is 9.71. The highest BCUT2D eigenvalue weighted by Gasteiger charge is 2.31. The molecule has 0 heterocycles. The molecule has 16 heavy (non-hydrogen) atoms. The third kappa shape index (κ3) is 2.00. The maximum absolute atomic E-state index is 10.0. The standard InChI is InChI=1S/C14H20O2/c1-14(2)7-6-13(15)11-8-10(9-16-3)4-5-12(11)14/h4-5,8,13,15H,6-7,9H2,1-3H3. The lowest BCUT2D eigenvalue weighted by Crippen LogP contribution is -2.26. The van der Waals surface area contributed by atoms with Gasteiger partial charge in [-0.2, -0.15) is 0 Å². The highest BCUT2D eigenvalue weighted by atomic mass is 16.5. The van der Waals surface area contributed by atoms with Crippen LogP contribution >= 0.6 is 0 Å². The van der Waals surface area contributed by atoms with Crippen molar-refractivity contribution in [1.82, 2.24) is 0 Å². The van der Waals surface area contributed by atoms with Crippen molar-refractivity contribution in [2.24, 2.45) is 0 Å². The first kappa shape index (κ1) is 11.6. The summed E-state index contributed by atoms with van der Waals surface area (Å²) in [7, 11) is 1.69. The van der Waals surface area contributed by atoms with E-state index in [1.54, 1.807) is 7.11 Å². The molecule has 0 aliphatic heterocycles. The van der Waals surface area contributed by atoms with Gasteiger partial charge in [0.25, 0.3) is 0 Å². The van der Waals surface area contributed by atoms with Crippen molar-refractivity contribution in [2.45, 2.75) is 44.8 Å². The zero-order valence-corrected chi connectivity index (χ0v) is 10.3. The summed E-state index contributed by atoms with van der Waals surface area (Å²) in [5, 5.41) is 10.0. The van der Waals surface area contributed by atoms with Gasteiger partial charge < -0.3 is 9.84 Å². The van der Waals surface area contributed by atoms with Crippen LogP contribution in [0.15, 0.2) is 18.2 Å². The molecule has 1 aromatic rings. The molecule has 88 valence electrons. The molecule has 1 aliphatic rings. The van der Waals surface area contributed by atoms with Crippen molar-refractivity contribution >= 4 is 0 Å². The van der Waals surface area contributed by atoms with Crippen LogP contribution in [0.2, 0.25) is 0 Å². The normalized spacial score (nSPS) is 22.9. The van der Waals surface area contributed by atoms with Gasteiger partial charge in [0.2, 0.25) is 0 Å². The molecular formula is C14H20O2. The van der Waals surface area contributed by atoms with Crippen molar-refractivity contribution in [3.05, 3.63) is 34.9 Å². The predicted molar refractivity (Wildman–Crippen MR) is 64.4 cm³/mol. The maximum Gasteiger partial charge on any atom is 0.0793 e. The largest absolute Gasteiger partial charge is 0.388 e. The number of aliphatic hydroxyl groups is 1. The molecule has 0 amide bonds. The van der Waals surface area contributed by atoms with Crippen LogP contribution in [-0.4, -0.2) is 12.2 Å². The van der Waals surface area contributed by atoms with E-state index in [2.05, 4.69) is 32.0 Å². The van der Waals surface area contributed by atoms with E-state index in [4.69, 9.17) is 4.74 Å². The second kappa shape index (κ2) is 4.19. The first-order valence-corrected chi connectivity index (χ1v) is 5.85. The lowest BCUT2D eigenvalue weighted by Gasteiger charge is -2.35. The number of methoxy groups -OCH3 is 1. The first-order chi connectivity index (χ1) is 7.54. The van der Waals surface area contributed by atoms with Crippen molar-refractivity contribution in [3.8, 4) is 0 Å². The van der Waals surface area contributed by atoms with Gasteiger partial charge in [0.1, 0.15) is 0 Å². The van der Waals surface area contributed by atoms with Crippen LogP contribution in [0.3, 0.4) is 0 Å². The van der Waals surface area contributed by atoms with Gasteiger partial charge >= 0.3 is 0 Å². The molecule has 2 rings (SSSR count). The SMILES string of the molecule is COCc1ccc2c(c1)C(O)CCC2(C)C. The van der Waals surface area contributed by atoms with E-state index < -0.39 is 0 Å². The minimum absolute atomic E-state index is 0.181. The average Bonchev–Trinajstić information content (AvgIpc) is 2.25. The van der Waals surface area contributed by atoms with Crippen LogP contribution in [0.1, 0.15) is 49.5 Å². The fourth-order valence-corrected chi connectivity index (χ4v) is 2.55. The summed E-state index contributed by atoms with van der Waals surface area (Å²) in [6.07, 6.45) is 1.60. The first-order valence-electron chi connectivity index (χ1n) is 5.85. The molecule has 2 nitrogen and oxygen atoms in total. The number of benzene rings is 1. The Kier molecular flexibility index (Phi) is 3.04. The number of hydrogen-bond acceptors (Lipinski definition) is 2. The Labute approximate surface area is 97.3 Å². The predicted octanol–water partition coefficient (Wildman–Crippen LogP) is 2.94. The second-order valence-corrected chi connectivity index (χ2v) is 5.29. The topological polar surface area (TPSA) is 29.5 Å². The molecular weight excluding hydrogens is 200 g/mol. The van der Waals surface area contributed by atoms with E-state index in [1.807, 2.05) is 0 Å². The molecule has 0 spiro atoms. The molecule has 2 heteroatoms. The van der Waals surface area contributed by atoms with E-state index >= 15 is 0 Å². The maximum atomic E-state index is 10.0. The van der Waals surface area contributed by atoms with Gasteiger partial charge in [-0.3, -0.25) is 0 Å².